The zero-order valence-corrected chi connectivity index (χ0v) is 17.5. The molecule has 1 unspecified atom stereocenters. The van der Waals surface area contributed by atoms with Crippen LogP contribution < -0.4 is 4.74 Å². The Balaban J connectivity index is 1.98. The average molecular weight is 511 g/mol. The van der Waals surface area contributed by atoms with Gasteiger partial charge in [-0.1, -0.05) is 11.6 Å². The number of esters is 1. The molecule has 1 amide bonds. The summed E-state index contributed by atoms with van der Waals surface area (Å²) in [6.45, 7) is -0.887. The minimum Gasteiger partial charge on any atom is -0.456 e. The second-order valence-corrected chi connectivity index (χ2v) is 8.55. The third kappa shape index (κ3) is 5.25. The highest BCUT2D eigenvalue weighted by Crippen LogP contribution is 2.46. The first kappa shape index (κ1) is 24.5. The predicted octanol–water partition coefficient (Wildman–Crippen LogP) is 3.52. The summed E-state index contributed by atoms with van der Waals surface area (Å²) in [6, 6.07) is 4.82. The molecule has 1 aliphatic rings. The van der Waals surface area contributed by atoms with Crippen molar-refractivity contribution in [2.45, 2.75) is 12.1 Å². The van der Waals surface area contributed by atoms with Crippen LogP contribution in [0, 0.1) is 10.1 Å². The standard InChI is InChI=1S/C17H11ClF3N2O9P/c18-11-5-8(17(19,20)21)1-4-13(11)31-9-2-3-12(23(26)27)10(6-9)15(25)22-7-14(24)32-16(22)33(28,29)30/h1-6,16H,7H2,(H2,28,29,30). The van der Waals surface area contributed by atoms with Crippen LogP contribution in [0.3, 0.4) is 0 Å². The number of cyclic esters (lactones) is 1. The highest BCUT2D eigenvalue weighted by atomic mass is 35.5. The van der Waals surface area contributed by atoms with E-state index in [1.54, 1.807) is 0 Å². The number of carbonyl (C=O) groups is 2. The van der Waals surface area contributed by atoms with Crippen molar-refractivity contribution in [2.24, 2.45) is 0 Å². The maximum absolute atomic E-state index is 12.8. The van der Waals surface area contributed by atoms with Gasteiger partial charge in [0.05, 0.1) is 15.5 Å². The Morgan fingerprint density at radius 3 is 2.48 bits per heavy atom. The molecular weight excluding hydrogens is 500 g/mol. The fourth-order valence-electron chi connectivity index (χ4n) is 2.81. The number of rotatable bonds is 5. The topological polar surface area (TPSA) is 157 Å². The number of benzene rings is 2. The highest BCUT2D eigenvalue weighted by Gasteiger charge is 2.48. The Morgan fingerprint density at radius 2 is 1.94 bits per heavy atom. The lowest BCUT2D eigenvalue weighted by atomic mass is 10.1. The van der Waals surface area contributed by atoms with Crippen LogP contribution >= 0.6 is 19.2 Å². The molecule has 1 heterocycles. The van der Waals surface area contributed by atoms with E-state index in [0.29, 0.717) is 17.0 Å². The molecule has 1 fully saturated rings. The Bertz CT molecular complexity index is 1200. The summed E-state index contributed by atoms with van der Waals surface area (Å²) in [5.41, 5.74) is -2.58. The van der Waals surface area contributed by atoms with E-state index in [1.165, 1.54) is 0 Å². The van der Waals surface area contributed by atoms with Crippen molar-refractivity contribution in [3.8, 4) is 11.5 Å². The molecule has 2 aromatic rings. The Hall–Kier alpha value is -3.19. The van der Waals surface area contributed by atoms with Gasteiger partial charge in [-0.3, -0.25) is 29.2 Å². The predicted molar refractivity (Wildman–Crippen MR) is 103 cm³/mol. The van der Waals surface area contributed by atoms with Crippen LogP contribution in [0.5, 0.6) is 11.5 Å². The monoisotopic (exact) mass is 510 g/mol. The normalized spacial score (nSPS) is 16.5. The van der Waals surface area contributed by atoms with E-state index in [2.05, 4.69) is 4.74 Å². The molecule has 33 heavy (non-hydrogen) atoms. The lowest BCUT2D eigenvalue weighted by Crippen LogP contribution is -2.36. The van der Waals surface area contributed by atoms with Gasteiger partial charge in [0.25, 0.3) is 17.6 Å². The fourth-order valence-corrected chi connectivity index (χ4v) is 3.83. The van der Waals surface area contributed by atoms with Crippen LogP contribution in [0.2, 0.25) is 5.02 Å². The van der Waals surface area contributed by atoms with E-state index in [4.69, 9.17) is 16.3 Å². The lowest BCUT2D eigenvalue weighted by molar-refractivity contribution is -0.385. The number of carbonyl (C=O) groups excluding carboxylic acids is 2. The van der Waals surface area contributed by atoms with Gasteiger partial charge in [-0.25, -0.2) is 0 Å². The van der Waals surface area contributed by atoms with Crippen LogP contribution in [-0.2, 0) is 20.3 Å². The molecule has 1 saturated heterocycles. The molecular formula is C17H11ClF3N2O9P. The van der Waals surface area contributed by atoms with Gasteiger partial charge in [-0.15, -0.1) is 0 Å². The molecule has 2 N–H and O–H groups in total. The Morgan fingerprint density at radius 1 is 1.27 bits per heavy atom. The van der Waals surface area contributed by atoms with Gasteiger partial charge in [0.2, 0.25) is 0 Å². The van der Waals surface area contributed by atoms with Crippen molar-refractivity contribution < 1.29 is 51.5 Å². The maximum atomic E-state index is 12.8. The van der Waals surface area contributed by atoms with Crippen molar-refractivity contribution >= 4 is 36.8 Å². The van der Waals surface area contributed by atoms with Gasteiger partial charge < -0.3 is 19.3 Å². The molecule has 0 spiro atoms. The van der Waals surface area contributed by atoms with Gasteiger partial charge in [0, 0.05) is 12.1 Å². The molecule has 176 valence electrons. The molecule has 1 atom stereocenters. The van der Waals surface area contributed by atoms with Crippen LogP contribution in [0.4, 0.5) is 18.9 Å². The number of alkyl halides is 3. The molecule has 16 heteroatoms. The van der Waals surface area contributed by atoms with Crippen LogP contribution in [-0.4, -0.2) is 44.0 Å². The SMILES string of the molecule is O=C1CN(C(=O)c2cc(Oc3ccc(C(F)(F)F)cc3Cl)ccc2[N+](=O)[O-])C(P(=O)(O)O)O1. The zero-order valence-electron chi connectivity index (χ0n) is 15.9. The van der Waals surface area contributed by atoms with Gasteiger partial charge >= 0.3 is 19.7 Å². The van der Waals surface area contributed by atoms with Crippen molar-refractivity contribution in [1.82, 2.24) is 4.90 Å². The number of amides is 1. The third-order valence-electron chi connectivity index (χ3n) is 4.23. The molecule has 1 aliphatic heterocycles. The van der Waals surface area contributed by atoms with E-state index >= 15 is 0 Å². The van der Waals surface area contributed by atoms with Crippen LogP contribution in [0.15, 0.2) is 36.4 Å². The summed E-state index contributed by atoms with van der Waals surface area (Å²) in [4.78, 5) is 53.7. The van der Waals surface area contributed by atoms with Gasteiger partial charge in [0.15, 0.2) is 0 Å². The van der Waals surface area contributed by atoms with Gasteiger partial charge in [0.1, 0.15) is 23.6 Å². The molecule has 0 saturated carbocycles. The van der Waals surface area contributed by atoms with Gasteiger partial charge in [-0.2, -0.15) is 13.2 Å². The van der Waals surface area contributed by atoms with Crippen molar-refractivity contribution in [2.75, 3.05) is 6.54 Å². The second kappa shape index (κ2) is 8.63. The molecule has 0 aromatic heterocycles. The number of nitrogens with zero attached hydrogens (tertiary/aromatic N) is 2. The zero-order chi connectivity index (χ0) is 24.7. The Kier molecular flexibility index (Phi) is 6.40. The van der Waals surface area contributed by atoms with Gasteiger partial charge in [-0.05, 0) is 24.3 Å². The molecule has 3 rings (SSSR count). The second-order valence-electron chi connectivity index (χ2n) is 6.52. The molecule has 2 aromatic carbocycles. The first-order chi connectivity index (χ1) is 15.2. The maximum Gasteiger partial charge on any atom is 0.416 e. The molecule has 0 aliphatic carbocycles. The summed E-state index contributed by atoms with van der Waals surface area (Å²) in [7, 11) is -5.16. The largest absolute Gasteiger partial charge is 0.456 e. The first-order valence-electron chi connectivity index (χ1n) is 8.57. The van der Waals surface area contributed by atoms with Crippen LogP contribution in [0.1, 0.15) is 15.9 Å². The van der Waals surface area contributed by atoms with Crippen LogP contribution in [0.25, 0.3) is 0 Å². The molecule has 11 nitrogen and oxygen atoms in total. The molecule has 0 radical (unpaired) electrons. The minimum absolute atomic E-state index is 0.273. The quantitative estimate of drug-likeness (QED) is 0.266. The van der Waals surface area contributed by atoms with E-state index < -0.39 is 64.9 Å². The summed E-state index contributed by atoms with van der Waals surface area (Å²) in [6.07, 6.45) is -4.67. The number of halogens is 4. The van der Waals surface area contributed by atoms with Crippen molar-refractivity contribution in [1.29, 1.82) is 0 Å². The number of ether oxygens (including phenoxy) is 2. The minimum atomic E-state index is -5.16. The number of hydrogen-bond acceptors (Lipinski definition) is 7. The van der Waals surface area contributed by atoms with E-state index in [9.17, 15) is 47.2 Å². The summed E-state index contributed by atoms with van der Waals surface area (Å²) >= 11 is 5.81. The van der Waals surface area contributed by atoms with E-state index in [0.717, 1.165) is 24.3 Å². The number of hydrogen-bond donors (Lipinski definition) is 2. The van der Waals surface area contributed by atoms with Crippen molar-refractivity contribution in [3.63, 3.8) is 0 Å². The Labute approximate surface area is 186 Å². The summed E-state index contributed by atoms with van der Waals surface area (Å²) in [5.74, 6) is -5.31. The number of nitro groups is 1. The summed E-state index contributed by atoms with van der Waals surface area (Å²) in [5, 5.41) is 10.9. The van der Waals surface area contributed by atoms with Crippen molar-refractivity contribution in [3.05, 3.63) is 62.7 Å². The van der Waals surface area contributed by atoms with E-state index in [1.807, 2.05) is 0 Å². The number of nitro benzene ring substituents is 1. The first-order valence-corrected chi connectivity index (χ1v) is 10.6. The summed E-state index contributed by atoms with van der Waals surface area (Å²) < 4.78 is 59.7. The fraction of sp³-hybridized carbons (Fsp3) is 0.176. The van der Waals surface area contributed by atoms with E-state index in [-0.39, 0.29) is 11.5 Å². The lowest BCUT2D eigenvalue weighted by Gasteiger charge is -2.22. The molecule has 0 bridgehead atoms. The average Bonchev–Trinajstić information content (AvgIpc) is 3.10. The smallest absolute Gasteiger partial charge is 0.416 e. The third-order valence-corrected chi connectivity index (χ3v) is 5.49. The highest BCUT2D eigenvalue weighted by molar-refractivity contribution is 7.52.